The molecule has 0 spiro atoms. The number of piperidine rings is 1. The van der Waals surface area contributed by atoms with Gasteiger partial charge in [0.2, 0.25) is 6.10 Å². The molecule has 33 heavy (non-hydrogen) atoms. The number of nitrogen functional groups attached to an aromatic ring is 1. The molecule has 1 amide bonds. The van der Waals surface area contributed by atoms with Crippen LogP contribution in [0.5, 0.6) is 5.75 Å². The Morgan fingerprint density at radius 2 is 1.88 bits per heavy atom. The van der Waals surface area contributed by atoms with E-state index in [-0.39, 0.29) is 11.7 Å². The molecule has 0 aliphatic carbocycles. The molecule has 0 saturated carbocycles. The minimum atomic E-state index is -0.761. The number of carbonyl (C=O) groups excluding carboxylic acids is 1. The number of para-hydroxylation sites is 2. The topological polar surface area (TPSA) is 82.7 Å². The Morgan fingerprint density at radius 1 is 1.12 bits per heavy atom. The van der Waals surface area contributed by atoms with Gasteiger partial charge in [-0.05, 0) is 51.3 Å². The number of amides is 1. The summed E-state index contributed by atoms with van der Waals surface area (Å²) in [5.41, 5.74) is 7.71. The van der Waals surface area contributed by atoms with Crippen molar-refractivity contribution in [2.24, 2.45) is 5.73 Å². The number of ether oxygens (including phenoxy) is 1. The lowest BCUT2D eigenvalue weighted by atomic mass is 9.97. The highest BCUT2D eigenvalue weighted by Crippen LogP contribution is 2.38. The zero-order valence-corrected chi connectivity index (χ0v) is 19.5. The summed E-state index contributed by atoms with van der Waals surface area (Å²) in [6.45, 7) is 6.19. The Labute approximate surface area is 196 Å². The number of nitrogens with zero attached hydrogens (tertiary/aromatic N) is 2. The van der Waals surface area contributed by atoms with Crippen LogP contribution < -0.4 is 15.4 Å². The Balaban J connectivity index is 1.47. The van der Waals surface area contributed by atoms with Crippen molar-refractivity contribution in [3.05, 3.63) is 71.8 Å². The minimum Gasteiger partial charge on any atom is -0.474 e. The molecule has 6 nitrogen and oxygen atoms in total. The van der Waals surface area contributed by atoms with E-state index in [1.54, 1.807) is 23.1 Å². The third-order valence-electron chi connectivity index (χ3n) is 6.78. The second kappa shape index (κ2) is 10.2. The quantitative estimate of drug-likeness (QED) is 0.369. The lowest BCUT2D eigenvalue weighted by Gasteiger charge is -2.38. The largest absolute Gasteiger partial charge is 0.474 e. The Hall–Kier alpha value is -3.12. The fraction of sp³-hybridized carbons (Fsp3) is 0.407. The number of nitrogens with one attached hydrogen (secondary N) is 1. The fourth-order valence-electron chi connectivity index (χ4n) is 4.92. The van der Waals surface area contributed by atoms with Crippen molar-refractivity contribution < 1.29 is 9.53 Å². The highest BCUT2D eigenvalue weighted by Gasteiger charge is 2.35. The van der Waals surface area contributed by atoms with Crippen molar-refractivity contribution in [1.82, 2.24) is 4.90 Å². The van der Waals surface area contributed by atoms with E-state index < -0.39 is 6.10 Å². The van der Waals surface area contributed by atoms with Gasteiger partial charge < -0.3 is 15.4 Å². The lowest BCUT2D eigenvalue weighted by Crippen LogP contribution is -2.44. The van der Waals surface area contributed by atoms with Gasteiger partial charge in [0.05, 0.1) is 5.69 Å². The van der Waals surface area contributed by atoms with Gasteiger partial charge in [0.25, 0.3) is 5.91 Å². The van der Waals surface area contributed by atoms with E-state index in [2.05, 4.69) is 30.9 Å². The SMILES string of the molecule is C[C@@H]1CCC[C@H](C)N1CCC=CCN1C(=O)C(c2cccc(C(=N)N)c2)Oc2ccccc21. The summed E-state index contributed by atoms with van der Waals surface area (Å²) >= 11 is 0. The number of likely N-dealkylation sites (tertiary alicyclic amines) is 1. The number of nitrogens with two attached hydrogens (primary N) is 1. The molecule has 4 rings (SSSR count). The number of anilines is 1. The number of rotatable bonds is 7. The van der Waals surface area contributed by atoms with Crippen LogP contribution in [0.4, 0.5) is 5.69 Å². The Kier molecular flexibility index (Phi) is 7.14. The molecule has 1 fully saturated rings. The highest BCUT2D eigenvalue weighted by molar-refractivity contribution is 6.01. The summed E-state index contributed by atoms with van der Waals surface area (Å²) in [5.74, 6) is 0.537. The van der Waals surface area contributed by atoms with Crippen LogP contribution in [-0.2, 0) is 4.79 Å². The highest BCUT2D eigenvalue weighted by atomic mass is 16.5. The maximum Gasteiger partial charge on any atom is 0.273 e. The van der Waals surface area contributed by atoms with Crippen LogP contribution in [-0.4, -0.2) is 41.8 Å². The number of amidine groups is 1. The maximum absolute atomic E-state index is 13.4. The van der Waals surface area contributed by atoms with Crippen molar-refractivity contribution in [2.75, 3.05) is 18.0 Å². The van der Waals surface area contributed by atoms with Crippen molar-refractivity contribution in [3.63, 3.8) is 0 Å². The van der Waals surface area contributed by atoms with Crippen molar-refractivity contribution in [2.45, 2.75) is 57.7 Å². The zero-order valence-electron chi connectivity index (χ0n) is 19.5. The number of hydrogen-bond acceptors (Lipinski definition) is 4. The molecule has 3 atom stereocenters. The summed E-state index contributed by atoms with van der Waals surface area (Å²) < 4.78 is 6.09. The summed E-state index contributed by atoms with van der Waals surface area (Å²) in [6.07, 6.45) is 8.36. The van der Waals surface area contributed by atoms with Crippen LogP contribution in [0.25, 0.3) is 0 Å². The predicted molar refractivity (Wildman–Crippen MR) is 133 cm³/mol. The van der Waals surface area contributed by atoms with Crippen LogP contribution in [0.15, 0.2) is 60.7 Å². The Morgan fingerprint density at radius 3 is 2.64 bits per heavy atom. The molecule has 0 radical (unpaired) electrons. The molecule has 0 aromatic heterocycles. The molecule has 3 N–H and O–H groups in total. The van der Waals surface area contributed by atoms with Gasteiger partial charge in [-0.25, -0.2) is 0 Å². The van der Waals surface area contributed by atoms with Gasteiger partial charge in [0, 0.05) is 36.3 Å². The van der Waals surface area contributed by atoms with E-state index in [0.717, 1.165) is 18.7 Å². The normalized spacial score (nSPS) is 23.4. The predicted octanol–water partition coefficient (Wildman–Crippen LogP) is 4.65. The van der Waals surface area contributed by atoms with E-state index in [1.807, 2.05) is 30.3 Å². The standard InChI is InChI=1S/C27H34N4O2/c1-19-10-8-11-20(2)30(19)16-6-3-7-17-31-23-14-4-5-15-24(23)33-25(27(31)32)21-12-9-13-22(18-21)26(28)29/h3-5,7,9,12-15,18-20,25H,6,8,10-11,16-17H2,1-2H3,(H3,28,29)/t19-,20+,25?. The summed E-state index contributed by atoms with van der Waals surface area (Å²) in [6, 6.07) is 16.1. The molecule has 2 aromatic carbocycles. The summed E-state index contributed by atoms with van der Waals surface area (Å²) in [4.78, 5) is 17.8. The van der Waals surface area contributed by atoms with Gasteiger partial charge in [0.15, 0.2) is 0 Å². The van der Waals surface area contributed by atoms with Crippen molar-refractivity contribution in [1.29, 1.82) is 5.41 Å². The van der Waals surface area contributed by atoms with E-state index >= 15 is 0 Å². The zero-order chi connectivity index (χ0) is 23.4. The van der Waals surface area contributed by atoms with Crippen molar-refractivity contribution >= 4 is 17.4 Å². The van der Waals surface area contributed by atoms with E-state index in [9.17, 15) is 4.79 Å². The molecule has 6 heteroatoms. The molecule has 2 aliphatic heterocycles. The van der Waals surface area contributed by atoms with Gasteiger partial charge >= 0.3 is 0 Å². The average molecular weight is 447 g/mol. The van der Waals surface area contributed by atoms with Crippen molar-refractivity contribution in [3.8, 4) is 5.75 Å². The van der Waals surface area contributed by atoms with Gasteiger partial charge in [0.1, 0.15) is 11.6 Å². The summed E-state index contributed by atoms with van der Waals surface area (Å²) in [7, 11) is 0. The first-order chi connectivity index (χ1) is 16.0. The van der Waals surface area contributed by atoms with Gasteiger partial charge in [-0.3, -0.25) is 15.1 Å². The lowest BCUT2D eigenvalue weighted by molar-refractivity contribution is -0.126. The number of hydrogen-bond donors (Lipinski definition) is 2. The first kappa shape index (κ1) is 23.1. The second-order valence-electron chi connectivity index (χ2n) is 9.08. The molecule has 1 unspecified atom stereocenters. The molecule has 174 valence electrons. The molecule has 1 saturated heterocycles. The van der Waals surface area contributed by atoms with Crippen LogP contribution in [0.1, 0.15) is 56.8 Å². The van der Waals surface area contributed by atoms with Crippen LogP contribution in [0, 0.1) is 5.41 Å². The molecule has 0 bridgehead atoms. The Bertz CT molecular complexity index is 1020. The van der Waals surface area contributed by atoms with Crippen LogP contribution in [0.2, 0.25) is 0 Å². The van der Waals surface area contributed by atoms with Gasteiger partial charge in [-0.2, -0.15) is 0 Å². The monoisotopic (exact) mass is 446 g/mol. The second-order valence-corrected chi connectivity index (χ2v) is 9.08. The number of fused-ring (bicyclic) bond motifs is 1. The maximum atomic E-state index is 13.4. The number of benzene rings is 2. The first-order valence-corrected chi connectivity index (χ1v) is 11.9. The molecule has 2 aliphatic rings. The van der Waals surface area contributed by atoms with E-state index in [4.69, 9.17) is 15.9 Å². The average Bonchev–Trinajstić information content (AvgIpc) is 2.81. The van der Waals surface area contributed by atoms with Gasteiger partial charge in [-0.15, -0.1) is 0 Å². The minimum absolute atomic E-state index is 0.0300. The molecular formula is C27H34N4O2. The van der Waals surface area contributed by atoms with Crippen LogP contribution in [0.3, 0.4) is 0 Å². The number of carbonyl (C=O) groups is 1. The molecular weight excluding hydrogens is 412 g/mol. The smallest absolute Gasteiger partial charge is 0.273 e. The van der Waals surface area contributed by atoms with E-state index in [0.29, 0.717) is 35.5 Å². The van der Waals surface area contributed by atoms with E-state index in [1.165, 1.54) is 19.3 Å². The summed E-state index contributed by atoms with van der Waals surface area (Å²) in [5, 5.41) is 7.71. The third-order valence-corrected chi connectivity index (χ3v) is 6.78. The fourth-order valence-corrected chi connectivity index (χ4v) is 4.92. The molecule has 2 heterocycles. The van der Waals surface area contributed by atoms with Gasteiger partial charge in [-0.1, -0.05) is 48.9 Å². The third kappa shape index (κ3) is 5.11. The first-order valence-electron chi connectivity index (χ1n) is 11.9. The molecule has 2 aromatic rings. The van der Waals surface area contributed by atoms with Crippen LogP contribution >= 0.6 is 0 Å².